The van der Waals surface area contributed by atoms with Gasteiger partial charge in [-0.15, -0.1) is 0 Å². The van der Waals surface area contributed by atoms with Crippen molar-refractivity contribution in [3.63, 3.8) is 0 Å². The van der Waals surface area contributed by atoms with Gasteiger partial charge in [0.1, 0.15) is 19.3 Å². The lowest BCUT2D eigenvalue weighted by Crippen LogP contribution is -2.30. The molecule has 0 spiro atoms. The van der Waals surface area contributed by atoms with Gasteiger partial charge in [0.2, 0.25) is 0 Å². The fourth-order valence-corrected chi connectivity index (χ4v) is 12.2. The predicted molar refractivity (Wildman–Crippen MR) is 445 cm³/mol. The first-order chi connectivity index (χ1) is 52.7. The van der Waals surface area contributed by atoms with E-state index in [1.807, 2.05) is 12.2 Å². The molecule has 19 heteroatoms. The van der Waals surface area contributed by atoms with Crippen molar-refractivity contribution in [3.8, 4) is 0 Å². The molecule has 108 heavy (non-hydrogen) atoms. The largest absolute Gasteiger partial charge is 0.472 e. The van der Waals surface area contributed by atoms with Crippen molar-refractivity contribution >= 4 is 39.5 Å². The Balaban J connectivity index is 5.46. The van der Waals surface area contributed by atoms with Gasteiger partial charge in [-0.1, -0.05) is 288 Å². The molecule has 3 N–H and O–H groups in total. The Morgan fingerprint density at radius 3 is 0.778 bits per heavy atom. The maximum atomic E-state index is 13.1. The van der Waals surface area contributed by atoms with Crippen LogP contribution in [0.1, 0.15) is 323 Å². The standard InChI is InChI=1S/C89H148O17P2/c1-5-9-13-17-21-25-29-33-37-40-41-44-47-50-54-58-62-66-70-74-87(92)100-80-85(106-89(94)76-72-68-64-60-56-52-48-43-39-35-31-27-23-19-15-11-7-3)82-104-108(97,98)102-78-83(90)77-101-107(95,96)103-81-84(105-88(93)75-71-67-63-59-55-51-45-36-32-28-24-20-16-12-8-4)79-99-86(91)73-69-65-61-57-53-49-46-42-38-34-30-26-22-18-14-10-6-2/h10-11,14-15,21-28,33-39,41,44-46,49,57,61,83-85,90H,5-9,12-13,16-20,29-32,40,42-43,47-48,50-56,58-60,62-82H2,1-4H3,(H,95,96)(H,97,98)/b14-10-,15-11-,25-21-,26-22-,27-23-,28-24-,37-33-,38-34-,39-35-,44-41-,45-36-,49-46-,61-57-. The van der Waals surface area contributed by atoms with Gasteiger partial charge in [-0.3, -0.25) is 37.3 Å². The number of phosphoric ester groups is 2. The molecule has 5 unspecified atom stereocenters. The fraction of sp³-hybridized carbons (Fsp3) is 0.663. The van der Waals surface area contributed by atoms with Gasteiger partial charge in [0, 0.05) is 25.7 Å². The van der Waals surface area contributed by atoms with Crippen molar-refractivity contribution in [1.29, 1.82) is 0 Å². The smallest absolute Gasteiger partial charge is 0.462 e. The zero-order valence-corrected chi connectivity index (χ0v) is 69.3. The van der Waals surface area contributed by atoms with E-state index in [4.69, 9.17) is 37.0 Å². The first-order valence-corrected chi connectivity index (χ1v) is 44.7. The van der Waals surface area contributed by atoms with E-state index in [9.17, 15) is 43.2 Å². The summed E-state index contributed by atoms with van der Waals surface area (Å²) >= 11 is 0. The first-order valence-electron chi connectivity index (χ1n) is 41.7. The number of hydrogen-bond donors (Lipinski definition) is 3. The SMILES string of the molecule is CC/C=C\C/C=C\C/C=C\C/C=C\C/C=C\CCCC(=O)OCC(COP(=O)(O)OCC(O)COP(=O)(O)OCC(COC(=O)CCCCCCCC/C=C\C/C=C\C/C=C\CCCCC)OC(=O)CCCCCCCCC/C=C\C/C=C\C/C=C\CC)OC(=O)CCCCCCC/C=C\C/C=C\CCCCC. The number of aliphatic hydroxyl groups is 1. The molecule has 0 aliphatic carbocycles. The van der Waals surface area contributed by atoms with E-state index in [0.717, 1.165) is 199 Å². The van der Waals surface area contributed by atoms with Crippen LogP contribution in [-0.2, 0) is 65.4 Å². The number of esters is 4. The van der Waals surface area contributed by atoms with Crippen LogP contribution in [-0.4, -0.2) is 96.7 Å². The summed E-state index contributed by atoms with van der Waals surface area (Å²) in [7, 11) is -10.0. The molecule has 5 atom stereocenters. The summed E-state index contributed by atoms with van der Waals surface area (Å²) in [5, 5.41) is 10.7. The zero-order chi connectivity index (χ0) is 78.9. The highest BCUT2D eigenvalue weighted by Gasteiger charge is 2.30. The number of rotatable bonds is 77. The molecule has 0 fully saturated rings. The maximum Gasteiger partial charge on any atom is 0.472 e. The van der Waals surface area contributed by atoms with Crippen LogP contribution in [0.15, 0.2) is 158 Å². The summed E-state index contributed by atoms with van der Waals surface area (Å²) in [6, 6.07) is 0. The highest BCUT2D eigenvalue weighted by atomic mass is 31.2. The number of carbonyl (C=O) groups is 4. The number of carbonyl (C=O) groups excluding carboxylic acids is 4. The molecule has 17 nitrogen and oxygen atoms in total. The molecule has 0 bridgehead atoms. The van der Waals surface area contributed by atoms with Crippen LogP contribution in [0.3, 0.4) is 0 Å². The summed E-state index contributed by atoms with van der Waals surface area (Å²) in [5.41, 5.74) is 0. The van der Waals surface area contributed by atoms with Crippen LogP contribution in [0, 0.1) is 0 Å². The number of ether oxygens (including phenoxy) is 4. The monoisotopic (exact) mass is 1550 g/mol. The second-order valence-corrected chi connectivity index (χ2v) is 30.2. The van der Waals surface area contributed by atoms with Gasteiger partial charge in [-0.2, -0.15) is 0 Å². The molecule has 0 aromatic carbocycles. The third kappa shape index (κ3) is 78.8. The van der Waals surface area contributed by atoms with E-state index in [1.165, 1.54) is 38.5 Å². The molecule has 0 amide bonds. The Labute approximate surface area is 655 Å². The predicted octanol–water partition coefficient (Wildman–Crippen LogP) is 24.8. The number of phosphoric acid groups is 2. The van der Waals surface area contributed by atoms with Crippen LogP contribution in [0.2, 0.25) is 0 Å². The molecule has 0 saturated heterocycles. The summed E-state index contributed by atoms with van der Waals surface area (Å²) < 4.78 is 68.7. The molecule has 0 saturated carbocycles. The van der Waals surface area contributed by atoms with Crippen LogP contribution < -0.4 is 0 Å². The third-order valence-electron chi connectivity index (χ3n) is 17.0. The normalized spacial score (nSPS) is 14.6. The summed E-state index contributed by atoms with van der Waals surface area (Å²) in [6.07, 6.45) is 93.5. The Bertz CT molecular complexity index is 2660. The Morgan fingerprint density at radius 2 is 0.491 bits per heavy atom. The Kier molecular flexibility index (Phi) is 75.8. The van der Waals surface area contributed by atoms with E-state index >= 15 is 0 Å². The second kappa shape index (κ2) is 79.8. The van der Waals surface area contributed by atoms with Crippen LogP contribution in [0.4, 0.5) is 0 Å². The lowest BCUT2D eigenvalue weighted by Gasteiger charge is -2.21. The quantitative estimate of drug-likeness (QED) is 0.0169. The van der Waals surface area contributed by atoms with Gasteiger partial charge >= 0.3 is 39.5 Å². The van der Waals surface area contributed by atoms with Gasteiger partial charge in [-0.25, -0.2) is 9.13 Å². The van der Waals surface area contributed by atoms with Crippen LogP contribution in [0.5, 0.6) is 0 Å². The number of allylic oxidation sites excluding steroid dienone is 26. The lowest BCUT2D eigenvalue weighted by molar-refractivity contribution is -0.161. The topological polar surface area (TPSA) is 237 Å². The number of aliphatic hydroxyl groups excluding tert-OH is 1. The highest BCUT2D eigenvalue weighted by molar-refractivity contribution is 7.47. The number of hydrogen-bond acceptors (Lipinski definition) is 15. The molecular weight excluding hydrogens is 1400 g/mol. The van der Waals surface area contributed by atoms with Crippen molar-refractivity contribution in [3.05, 3.63) is 158 Å². The average molecular weight is 1550 g/mol. The fourth-order valence-electron chi connectivity index (χ4n) is 10.7. The Hall–Kier alpha value is -5.32. The van der Waals surface area contributed by atoms with Crippen molar-refractivity contribution in [2.75, 3.05) is 39.6 Å². The molecule has 0 aromatic rings. The summed E-state index contributed by atoms with van der Waals surface area (Å²) in [5.74, 6) is -2.28. The molecule has 0 radical (unpaired) electrons. The second-order valence-electron chi connectivity index (χ2n) is 27.3. The minimum Gasteiger partial charge on any atom is -0.462 e. The van der Waals surface area contributed by atoms with Gasteiger partial charge < -0.3 is 33.8 Å². The van der Waals surface area contributed by atoms with Crippen molar-refractivity contribution in [1.82, 2.24) is 0 Å². The molecule has 0 heterocycles. The van der Waals surface area contributed by atoms with Crippen molar-refractivity contribution in [2.24, 2.45) is 0 Å². The minimum absolute atomic E-state index is 0.0620. The first kappa shape index (κ1) is 103. The van der Waals surface area contributed by atoms with Gasteiger partial charge in [0.15, 0.2) is 12.2 Å². The van der Waals surface area contributed by atoms with Crippen LogP contribution >= 0.6 is 15.6 Å². The molecular formula is C89H148O17P2. The maximum absolute atomic E-state index is 13.1. The summed E-state index contributed by atoms with van der Waals surface area (Å²) in [6.45, 7) is 4.51. The van der Waals surface area contributed by atoms with E-state index in [2.05, 4.69) is 174 Å². The van der Waals surface area contributed by atoms with Crippen LogP contribution in [0.25, 0.3) is 0 Å². The van der Waals surface area contributed by atoms with Gasteiger partial charge in [-0.05, 0) is 167 Å². The minimum atomic E-state index is -5.00. The van der Waals surface area contributed by atoms with E-state index in [-0.39, 0.29) is 25.7 Å². The lowest BCUT2D eigenvalue weighted by atomic mass is 10.1. The van der Waals surface area contributed by atoms with Crippen molar-refractivity contribution < 1.29 is 80.2 Å². The highest BCUT2D eigenvalue weighted by Crippen LogP contribution is 2.45. The molecule has 616 valence electrons. The van der Waals surface area contributed by atoms with Crippen molar-refractivity contribution in [2.45, 2.75) is 341 Å². The van der Waals surface area contributed by atoms with Gasteiger partial charge in [0.25, 0.3) is 0 Å². The number of unbranched alkanes of at least 4 members (excludes halogenated alkanes) is 25. The molecule has 0 aliphatic heterocycles. The Morgan fingerprint density at radius 1 is 0.269 bits per heavy atom. The molecule has 0 aromatic heterocycles. The zero-order valence-electron chi connectivity index (χ0n) is 67.5. The molecule has 0 rings (SSSR count). The third-order valence-corrected chi connectivity index (χ3v) is 18.9. The van der Waals surface area contributed by atoms with E-state index in [1.54, 1.807) is 0 Å². The average Bonchev–Trinajstić information content (AvgIpc) is 0.906. The molecule has 0 aliphatic rings. The van der Waals surface area contributed by atoms with E-state index in [0.29, 0.717) is 32.1 Å². The summed E-state index contributed by atoms with van der Waals surface area (Å²) in [4.78, 5) is 73.2. The van der Waals surface area contributed by atoms with E-state index < -0.39 is 97.5 Å². The van der Waals surface area contributed by atoms with Gasteiger partial charge in [0.05, 0.1) is 26.4 Å².